The van der Waals surface area contributed by atoms with E-state index in [0.29, 0.717) is 26.2 Å². The van der Waals surface area contributed by atoms with Crippen LogP contribution in [0.1, 0.15) is 17.2 Å². The summed E-state index contributed by atoms with van der Waals surface area (Å²) >= 11 is 1.57. The summed E-state index contributed by atoms with van der Waals surface area (Å²) in [6, 6.07) is 18.2. The molecular weight excluding hydrogens is 398 g/mol. The molecular formula is C22H25N5O2S. The third-order valence-corrected chi connectivity index (χ3v) is 5.96. The Labute approximate surface area is 180 Å². The monoisotopic (exact) mass is 423 g/mol. The third-order valence-electron chi connectivity index (χ3n) is 4.92. The SMILES string of the molecule is Cn1cnnc1SCCNC(=O)CN1Cc2ccccc2OC(c2ccccc2)C1. The highest BCUT2D eigenvalue weighted by atomic mass is 32.2. The minimum absolute atomic E-state index is 0.0137. The Balaban J connectivity index is 1.36. The lowest BCUT2D eigenvalue weighted by Crippen LogP contribution is -2.39. The maximum atomic E-state index is 12.6. The van der Waals surface area contributed by atoms with Crippen LogP contribution in [0.4, 0.5) is 0 Å². The van der Waals surface area contributed by atoms with Gasteiger partial charge in [-0.3, -0.25) is 9.69 Å². The van der Waals surface area contributed by atoms with Crippen molar-refractivity contribution in [2.24, 2.45) is 7.05 Å². The van der Waals surface area contributed by atoms with Crippen LogP contribution in [0.25, 0.3) is 0 Å². The fraction of sp³-hybridized carbons (Fsp3) is 0.318. The average Bonchev–Trinajstić information content (AvgIpc) is 3.07. The van der Waals surface area contributed by atoms with Crippen LogP contribution in [0.2, 0.25) is 0 Å². The Hall–Kier alpha value is -2.84. The lowest BCUT2D eigenvalue weighted by Gasteiger charge is -2.23. The number of rotatable bonds is 7. The first-order chi connectivity index (χ1) is 14.7. The summed E-state index contributed by atoms with van der Waals surface area (Å²) in [6.07, 6.45) is 1.55. The van der Waals surface area contributed by atoms with Crippen LogP contribution < -0.4 is 10.1 Å². The Bertz CT molecular complexity index is 978. The minimum Gasteiger partial charge on any atom is -0.484 e. The summed E-state index contributed by atoms with van der Waals surface area (Å²) in [4.78, 5) is 14.7. The maximum Gasteiger partial charge on any atom is 0.234 e. The first-order valence-corrected chi connectivity index (χ1v) is 10.9. The van der Waals surface area contributed by atoms with Gasteiger partial charge >= 0.3 is 0 Å². The number of carbonyl (C=O) groups is 1. The predicted octanol–water partition coefficient (Wildman–Crippen LogP) is 2.66. The molecule has 8 heteroatoms. The van der Waals surface area contributed by atoms with Gasteiger partial charge in [0.15, 0.2) is 5.16 Å². The molecule has 0 saturated carbocycles. The Kier molecular flexibility index (Phi) is 6.66. The molecule has 0 radical (unpaired) electrons. The third kappa shape index (κ3) is 5.20. The van der Waals surface area contributed by atoms with E-state index in [9.17, 15) is 4.79 Å². The van der Waals surface area contributed by atoms with Crippen LogP contribution in [0.5, 0.6) is 5.75 Å². The van der Waals surface area contributed by atoms with E-state index in [1.54, 1.807) is 18.1 Å². The number of para-hydroxylation sites is 1. The smallest absolute Gasteiger partial charge is 0.234 e. The number of hydrogen-bond acceptors (Lipinski definition) is 6. The van der Waals surface area contributed by atoms with Gasteiger partial charge in [-0.15, -0.1) is 10.2 Å². The number of fused-ring (bicyclic) bond motifs is 1. The topological polar surface area (TPSA) is 72.3 Å². The van der Waals surface area contributed by atoms with Crippen LogP contribution in [-0.4, -0.2) is 51.0 Å². The number of benzene rings is 2. The van der Waals surface area contributed by atoms with Crippen molar-refractivity contribution in [3.63, 3.8) is 0 Å². The highest BCUT2D eigenvalue weighted by Crippen LogP contribution is 2.30. The molecule has 0 fully saturated rings. The van der Waals surface area contributed by atoms with Crippen molar-refractivity contribution in [1.82, 2.24) is 25.0 Å². The summed E-state index contributed by atoms with van der Waals surface area (Å²) in [6.45, 7) is 2.25. The van der Waals surface area contributed by atoms with E-state index in [2.05, 4.69) is 38.6 Å². The second-order valence-electron chi connectivity index (χ2n) is 7.22. The maximum absolute atomic E-state index is 12.6. The van der Waals surface area contributed by atoms with Crippen LogP contribution in [0.3, 0.4) is 0 Å². The molecule has 30 heavy (non-hydrogen) atoms. The van der Waals surface area contributed by atoms with Crippen molar-refractivity contribution in [2.75, 3.05) is 25.4 Å². The number of aryl methyl sites for hydroxylation is 1. The quantitative estimate of drug-likeness (QED) is 0.465. The van der Waals surface area contributed by atoms with E-state index < -0.39 is 0 Å². The largest absolute Gasteiger partial charge is 0.484 e. The molecule has 1 atom stereocenters. The molecule has 1 N–H and O–H groups in total. The molecule has 1 aliphatic rings. The zero-order valence-corrected chi connectivity index (χ0v) is 17.7. The Morgan fingerprint density at radius 1 is 1.20 bits per heavy atom. The summed E-state index contributed by atoms with van der Waals surface area (Å²) in [5.74, 6) is 1.64. The second kappa shape index (κ2) is 9.77. The first kappa shape index (κ1) is 20.4. The number of thioether (sulfide) groups is 1. The Morgan fingerprint density at radius 2 is 2.00 bits per heavy atom. The molecule has 1 aromatic heterocycles. The van der Waals surface area contributed by atoms with Gasteiger partial charge in [-0.25, -0.2) is 0 Å². The van der Waals surface area contributed by atoms with Crippen LogP contribution in [-0.2, 0) is 18.4 Å². The zero-order valence-electron chi connectivity index (χ0n) is 16.9. The fourth-order valence-electron chi connectivity index (χ4n) is 3.44. The summed E-state index contributed by atoms with van der Waals surface area (Å²) in [5, 5.41) is 11.7. The standard InChI is InChI=1S/C22H25N5O2S/c1-26-16-24-25-22(26)30-12-11-23-21(28)15-27-13-18-9-5-6-10-19(18)29-20(14-27)17-7-3-2-4-8-17/h2-10,16,20H,11-15H2,1H3,(H,23,28). The predicted molar refractivity (Wildman–Crippen MR) is 116 cm³/mol. The van der Waals surface area contributed by atoms with Gasteiger partial charge in [0.1, 0.15) is 18.2 Å². The molecule has 0 spiro atoms. The number of ether oxygens (including phenoxy) is 1. The Morgan fingerprint density at radius 3 is 2.80 bits per heavy atom. The molecule has 1 unspecified atom stereocenters. The van der Waals surface area contributed by atoms with Gasteiger partial charge < -0.3 is 14.6 Å². The van der Waals surface area contributed by atoms with Crippen molar-refractivity contribution in [1.29, 1.82) is 0 Å². The van der Waals surface area contributed by atoms with E-state index in [1.807, 2.05) is 48.0 Å². The second-order valence-corrected chi connectivity index (χ2v) is 8.28. The van der Waals surface area contributed by atoms with Crippen molar-refractivity contribution in [3.8, 4) is 5.75 Å². The highest BCUT2D eigenvalue weighted by Gasteiger charge is 2.25. The molecule has 1 amide bonds. The molecule has 0 bridgehead atoms. The number of aromatic nitrogens is 3. The molecule has 3 aromatic rings. The summed E-state index contributed by atoms with van der Waals surface area (Å²) < 4.78 is 8.18. The van der Waals surface area contributed by atoms with Gasteiger partial charge in [0, 0.05) is 38.0 Å². The van der Waals surface area contributed by atoms with Crippen molar-refractivity contribution in [2.45, 2.75) is 17.8 Å². The molecule has 156 valence electrons. The summed E-state index contributed by atoms with van der Waals surface area (Å²) in [5.41, 5.74) is 2.21. The number of nitrogens with one attached hydrogen (secondary N) is 1. The van der Waals surface area contributed by atoms with Crippen molar-refractivity contribution >= 4 is 17.7 Å². The number of nitrogens with zero attached hydrogens (tertiary/aromatic N) is 4. The zero-order chi connectivity index (χ0) is 20.8. The van der Waals surface area contributed by atoms with Gasteiger partial charge in [-0.05, 0) is 11.6 Å². The number of carbonyl (C=O) groups excluding carboxylic acids is 1. The van der Waals surface area contributed by atoms with E-state index in [0.717, 1.165) is 27.8 Å². The van der Waals surface area contributed by atoms with Crippen LogP contribution >= 0.6 is 11.8 Å². The fourth-order valence-corrected chi connectivity index (χ4v) is 4.18. The molecule has 0 aliphatic carbocycles. The van der Waals surface area contributed by atoms with Gasteiger partial charge in [-0.2, -0.15) is 0 Å². The molecule has 1 aliphatic heterocycles. The normalized spacial score (nSPS) is 16.4. The first-order valence-electron chi connectivity index (χ1n) is 9.94. The minimum atomic E-state index is -0.117. The number of hydrogen-bond donors (Lipinski definition) is 1. The molecule has 0 saturated heterocycles. The molecule has 7 nitrogen and oxygen atoms in total. The number of amides is 1. The van der Waals surface area contributed by atoms with Crippen molar-refractivity contribution < 1.29 is 9.53 Å². The van der Waals surface area contributed by atoms with Gasteiger partial charge in [-0.1, -0.05) is 60.3 Å². The van der Waals surface area contributed by atoms with E-state index in [-0.39, 0.29) is 12.0 Å². The van der Waals surface area contributed by atoms with Crippen molar-refractivity contribution in [3.05, 3.63) is 72.1 Å². The lowest BCUT2D eigenvalue weighted by atomic mass is 10.1. The molecule has 2 aromatic carbocycles. The molecule has 2 heterocycles. The molecule has 4 rings (SSSR count). The van der Waals surface area contributed by atoms with E-state index in [1.165, 1.54) is 0 Å². The van der Waals surface area contributed by atoms with E-state index in [4.69, 9.17) is 4.74 Å². The summed E-state index contributed by atoms with van der Waals surface area (Å²) in [7, 11) is 1.91. The van der Waals surface area contributed by atoms with Gasteiger partial charge in [0.25, 0.3) is 0 Å². The van der Waals surface area contributed by atoms with Crippen LogP contribution in [0.15, 0.2) is 66.1 Å². The van der Waals surface area contributed by atoms with Gasteiger partial charge in [0.05, 0.1) is 6.54 Å². The highest BCUT2D eigenvalue weighted by molar-refractivity contribution is 7.99. The van der Waals surface area contributed by atoms with E-state index >= 15 is 0 Å². The van der Waals surface area contributed by atoms with Gasteiger partial charge in [0.2, 0.25) is 5.91 Å². The van der Waals surface area contributed by atoms with Crippen LogP contribution in [0, 0.1) is 0 Å². The lowest BCUT2D eigenvalue weighted by molar-refractivity contribution is -0.122. The average molecular weight is 424 g/mol.